The third-order valence-corrected chi connectivity index (χ3v) is 5.75. The van der Waals surface area contributed by atoms with Gasteiger partial charge in [0.1, 0.15) is 11.9 Å². The van der Waals surface area contributed by atoms with Crippen molar-refractivity contribution in [1.82, 2.24) is 0 Å². The van der Waals surface area contributed by atoms with Gasteiger partial charge in [0.25, 0.3) is 0 Å². The molecule has 1 aliphatic rings. The van der Waals surface area contributed by atoms with Crippen LogP contribution in [0.25, 0.3) is 0 Å². The predicted molar refractivity (Wildman–Crippen MR) is 123 cm³/mol. The molecule has 3 aromatic carbocycles. The molecule has 0 heterocycles. The van der Waals surface area contributed by atoms with Gasteiger partial charge in [-0.05, 0) is 40.5 Å². The van der Waals surface area contributed by atoms with E-state index in [-0.39, 0.29) is 12.1 Å². The van der Waals surface area contributed by atoms with Gasteiger partial charge in [0.15, 0.2) is 0 Å². The maximum Gasteiger partial charge on any atom is 0.303 e. The van der Waals surface area contributed by atoms with E-state index in [2.05, 4.69) is 72.8 Å². The molecule has 156 valence electrons. The molecule has 0 aromatic heterocycles. The Kier molecular flexibility index (Phi) is 6.03. The number of ether oxygens (including phenoxy) is 2. The molecule has 0 bridgehead atoms. The Bertz CT molecular complexity index is 1040. The first kappa shape index (κ1) is 20.7. The first-order chi connectivity index (χ1) is 15.1. The van der Waals surface area contributed by atoms with Crippen LogP contribution in [-0.2, 0) is 14.9 Å². The van der Waals surface area contributed by atoms with Gasteiger partial charge in [-0.25, -0.2) is 0 Å². The summed E-state index contributed by atoms with van der Waals surface area (Å²) in [4.78, 5) is 11.4. The highest BCUT2D eigenvalue weighted by Crippen LogP contribution is 2.47. The van der Waals surface area contributed by atoms with Gasteiger partial charge in [0.2, 0.25) is 0 Å². The minimum Gasteiger partial charge on any atom is -0.497 e. The summed E-state index contributed by atoms with van der Waals surface area (Å²) in [5.41, 5.74) is 4.14. The lowest BCUT2D eigenvalue weighted by Crippen LogP contribution is -2.32. The molecule has 0 saturated heterocycles. The monoisotopic (exact) mass is 410 g/mol. The summed E-state index contributed by atoms with van der Waals surface area (Å²) < 4.78 is 10.8. The minimum atomic E-state index is -0.507. The van der Waals surface area contributed by atoms with Gasteiger partial charge in [-0.3, -0.25) is 4.79 Å². The zero-order chi connectivity index (χ0) is 21.7. The Labute approximate surface area is 183 Å². The minimum absolute atomic E-state index is 0.235. The van der Waals surface area contributed by atoms with E-state index in [4.69, 9.17) is 9.47 Å². The number of carbonyl (C=O) groups is 1. The molecular weight excluding hydrogens is 384 g/mol. The summed E-state index contributed by atoms with van der Waals surface area (Å²) in [7, 11) is 1.68. The van der Waals surface area contributed by atoms with Crippen molar-refractivity contribution in [3.8, 4) is 5.75 Å². The van der Waals surface area contributed by atoms with Gasteiger partial charge in [-0.2, -0.15) is 0 Å². The molecule has 31 heavy (non-hydrogen) atoms. The fourth-order valence-electron chi connectivity index (χ4n) is 4.40. The van der Waals surface area contributed by atoms with Gasteiger partial charge in [-0.15, -0.1) is 0 Å². The van der Waals surface area contributed by atoms with Gasteiger partial charge >= 0.3 is 5.97 Å². The highest BCUT2D eigenvalue weighted by Gasteiger charge is 2.39. The molecule has 0 spiro atoms. The molecule has 0 radical (unpaired) electrons. The highest BCUT2D eigenvalue weighted by atomic mass is 16.5. The van der Waals surface area contributed by atoms with Gasteiger partial charge in [-0.1, -0.05) is 84.9 Å². The molecule has 0 saturated carbocycles. The molecule has 1 aliphatic carbocycles. The summed E-state index contributed by atoms with van der Waals surface area (Å²) in [5.74, 6) is 0.556. The molecule has 0 N–H and O–H groups in total. The first-order valence-corrected chi connectivity index (χ1v) is 10.5. The van der Waals surface area contributed by atoms with Crippen molar-refractivity contribution in [2.75, 3.05) is 7.11 Å². The van der Waals surface area contributed by atoms with Crippen molar-refractivity contribution < 1.29 is 14.3 Å². The summed E-state index contributed by atoms with van der Waals surface area (Å²) >= 11 is 0. The van der Waals surface area contributed by atoms with Crippen LogP contribution in [0, 0.1) is 0 Å². The number of rotatable bonds is 6. The topological polar surface area (TPSA) is 35.5 Å². The average molecular weight is 411 g/mol. The van der Waals surface area contributed by atoms with E-state index in [1.807, 2.05) is 30.3 Å². The Morgan fingerprint density at radius 2 is 1.39 bits per heavy atom. The summed E-state index contributed by atoms with van der Waals surface area (Å²) in [5, 5.41) is 0. The second-order valence-corrected chi connectivity index (χ2v) is 7.61. The third-order valence-electron chi connectivity index (χ3n) is 5.75. The molecule has 3 aromatic rings. The lowest BCUT2D eigenvalue weighted by Gasteiger charge is -2.39. The second-order valence-electron chi connectivity index (χ2n) is 7.61. The van der Waals surface area contributed by atoms with Crippen molar-refractivity contribution >= 4 is 5.97 Å². The van der Waals surface area contributed by atoms with Crippen molar-refractivity contribution in [3.05, 3.63) is 125 Å². The fraction of sp³-hybridized carbons (Fsp3) is 0.179. The van der Waals surface area contributed by atoms with Crippen molar-refractivity contribution in [3.63, 3.8) is 0 Å². The molecule has 0 amide bonds. The highest BCUT2D eigenvalue weighted by molar-refractivity contribution is 5.67. The summed E-state index contributed by atoms with van der Waals surface area (Å²) in [6, 6.07) is 29.3. The molecule has 1 unspecified atom stereocenters. The lowest BCUT2D eigenvalue weighted by molar-refractivity contribution is -0.144. The van der Waals surface area contributed by atoms with Crippen LogP contribution in [0.15, 0.2) is 109 Å². The van der Waals surface area contributed by atoms with Gasteiger partial charge in [0.05, 0.1) is 12.5 Å². The van der Waals surface area contributed by atoms with Crippen molar-refractivity contribution in [2.45, 2.75) is 24.9 Å². The molecule has 3 nitrogen and oxygen atoms in total. The zero-order valence-corrected chi connectivity index (χ0v) is 17.8. The molecule has 4 rings (SSSR count). The second kappa shape index (κ2) is 9.05. The van der Waals surface area contributed by atoms with Crippen LogP contribution in [-0.4, -0.2) is 19.2 Å². The maximum atomic E-state index is 11.4. The third kappa shape index (κ3) is 4.04. The van der Waals surface area contributed by atoms with Crippen LogP contribution in [0.5, 0.6) is 5.75 Å². The van der Waals surface area contributed by atoms with E-state index in [0.29, 0.717) is 6.42 Å². The number of carbonyl (C=O) groups excluding carboxylic acids is 1. The Morgan fingerprint density at radius 3 is 1.84 bits per heavy atom. The number of hydrogen-bond acceptors (Lipinski definition) is 3. The van der Waals surface area contributed by atoms with Crippen molar-refractivity contribution in [2.24, 2.45) is 0 Å². The molecule has 1 atom stereocenters. The molecular formula is C28H26O3. The van der Waals surface area contributed by atoms with E-state index < -0.39 is 5.41 Å². The van der Waals surface area contributed by atoms with E-state index in [1.165, 1.54) is 18.1 Å². The van der Waals surface area contributed by atoms with E-state index in [9.17, 15) is 4.79 Å². The zero-order valence-electron chi connectivity index (χ0n) is 17.8. The number of benzene rings is 3. The lowest BCUT2D eigenvalue weighted by atomic mass is 9.63. The van der Waals surface area contributed by atoms with Crippen LogP contribution in [0.4, 0.5) is 0 Å². The van der Waals surface area contributed by atoms with Crippen LogP contribution in [0.1, 0.15) is 30.0 Å². The number of hydrogen-bond donors (Lipinski definition) is 0. The average Bonchev–Trinajstić information content (AvgIpc) is 2.82. The van der Waals surface area contributed by atoms with Crippen LogP contribution in [0.2, 0.25) is 0 Å². The largest absolute Gasteiger partial charge is 0.497 e. The Balaban J connectivity index is 1.94. The van der Waals surface area contributed by atoms with Gasteiger partial charge < -0.3 is 9.47 Å². The van der Waals surface area contributed by atoms with E-state index >= 15 is 0 Å². The maximum absolute atomic E-state index is 11.4. The van der Waals surface area contributed by atoms with Gasteiger partial charge in [0, 0.05) is 13.3 Å². The predicted octanol–water partition coefficient (Wildman–Crippen LogP) is 5.85. The van der Waals surface area contributed by atoms with Crippen LogP contribution < -0.4 is 4.74 Å². The van der Waals surface area contributed by atoms with Crippen molar-refractivity contribution in [1.29, 1.82) is 0 Å². The Hall–Kier alpha value is -3.59. The fourth-order valence-corrected chi connectivity index (χ4v) is 4.40. The molecule has 0 fully saturated rings. The Morgan fingerprint density at radius 1 is 0.839 bits per heavy atom. The SMILES string of the molecule is COc1ccc(C(C2=CCC(OC(C)=O)C=C2)(c2ccccc2)c2ccccc2)cc1. The molecule has 0 aliphatic heterocycles. The molecule has 3 heteroatoms. The van der Waals surface area contributed by atoms with Crippen LogP contribution in [0.3, 0.4) is 0 Å². The number of methoxy groups -OCH3 is 1. The normalized spacial score (nSPS) is 15.8. The number of allylic oxidation sites excluding steroid dienone is 2. The first-order valence-electron chi connectivity index (χ1n) is 10.5. The number of esters is 1. The van der Waals surface area contributed by atoms with Crippen LogP contribution >= 0.6 is 0 Å². The summed E-state index contributed by atoms with van der Waals surface area (Å²) in [6.07, 6.45) is 6.68. The smallest absolute Gasteiger partial charge is 0.303 e. The quantitative estimate of drug-likeness (QED) is 0.378. The van der Waals surface area contributed by atoms with E-state index in [1.54, 1.807) is 7.11 Å². The standard InChI is InChI=1S/C28H26O3/c1-21(29)31-27-19-15-25(16-20-27)28(22-9-5-3-6-10-22,23-11-7-4-8-12-23)24-13-17-26(30-2)18-14-24/h3-19,27H,20H2,1-2H3. The van der Waals surface area contributed by atoms with E-state index in [0.717, 1.165) is 16.9 Å². The summed E-state index contributed by atoms with van der Waals surface area (Å²) in [6.45, 7) is 1.45.